The topological polar surface area (TPSA) is 58.3 Å². The average Bonchev–Trinajstić information content (AvgIpc) is 2.37. The quantitative estimate of drug-likeness (QED) is 0.684. The van der Waals surface area contributed by atoms with E-state index in [1.165, 1.54) is 6.07 Å². The number of aryl methyl sites for hydroxylation is 1. The van der Waals surface area contributed by atoms with Gasteiger partial charge in [-0.05, 0) is 37.5 Å². The summed E-state index contributed by atoms with van der Waals surface area (Å²) in [7, 11) is 0. The van der Waals surface area contributed by atoms with Gasteiger partial charge in [0.05, 0.1) is 18.0 Å². The van der Waals surface area contributed by atoms with Gasteiger partial charge in [-0.25, -0.2) is 4.39 Å². The van der Waals surface area contributed by atoms with Gasteiger partial charge in [-0.2, -0.15) is 0 Å². The van der Waals surface area contributed by atoms with E-state index in [0.717, 1.165) is 18.5 Å². The van der Waals surface area contributed by atoms with Crippen molar-refractivity contribution in [3.8, 4) is 0 Å². The number of nitrogens with two attached hydrogens (primary N) is 1. The molecule has 0 unspecified atom stereocenters. The molecule has 0 aliphatic rings. The monoisotopic (exact) mass is 254 g/mol. The van der Waals surface area contributed by atoms with E-state index in [1.807, 2.05) is 0 Å². The fourth-order valence-electron chi connectivity index (χ4n) is 1.91. The van der Waals surface area contributed by atoms with E-state index in [4.69, 9.17) is 5.73 Å². The Morgan fingerprint density at radius 3 is 2.44 bits per heavy atom. The Labute approximate surface area is 108 Å². The zero-order chi connectivity index (χ0) is 13.8. The summed E-state index contributed by atoms with van der Waals surface area (Å²) >= 11 is 0. The number of rotatable bonds is 6. The molecule has 4 N–H and O–H groups in total. The Hall–Kier alpha value is -1.29. The van der Waals surface area contributed by atoms with Gasteiger partial charge in [0, 0.05) is 12.0 Å². The third kappa shape index (κ3) is 3.13. The van der Waals surface area contributed by atoms with Crippen molar-refractivity contribution >= 4 is 11.4 Å². The number of benzene rings is 1. The number of hydrogen-bond donors (Lipinski definition) is 3. The van der Waals surface area contributed by atoms with Crippen LogP contribution >= 0.6 is 0 Å². The second-order valence-corrected chi connectivity index (χ2v) is 4.91. The molecule has 1 aromatic carbocycles. The minimum absolute atomic E-state index is 0.132. The predicted octanol–water partition coefficient (Wildman–Crippen LogP) is 2.93. The van der Waals surface area contributed by atoms with Gasteiger partial charge in [0.15, 0.2) is 0 Å². The van der Waals surface area contributed by atoms with Gasteiger partial charge in [0.25, 0.3) is 0 Å². The van der Waals surface area contributed by atoms with Crippen molar-refractivity contribution in [3.63, 3.8) is 0 Å². The summed E-state index contributed by atoms with van der Waals surface area (Å²) in [5.41, 5.74) is 7.33. The number of nitrogens with one attached hydrogen (secondary N) is 1. The van der Waals surface area contributed by atoms with Crippen molar-refractivity contribution in [1.29, 1.82) is 0 Å². The molecule has 0 heterocycles. The summed E-state index contributed by atoms with van der Waals surface area (Å²) in [6.07, 6.45) is 1.76. The molecule has 0 radical (unpaired) electrons. The van der Waals surface area contributed by atoms with Gasteiger partial charge in [-0.15, -0.1) is 0 Å². The van der Waals surface area contributed by atoms with E-state index in [0.29, 0.717) is 17.8 Å². The molecule has 0 bridgehead atoms. The molecule has 0 aliphatic heterocycles. The molecular weight excluding hydrogens is 231 g/mol. The standard InChI is InChI=1S/C14H23FN2O/c1-4-14(5-2,9-18)8-17-13-6-10(3)11(15)7-12(13)16/h6-7,17-18H,4-5,8-9,16H2,1-3H3. The lowest BCUT2D eigenvalue weighted by Gasteiger charge is -2.30. The lowest BCUT2D eigenvalue weighted by atomic mass is 9.83. The highest BCUT2D eigenvalue weighted by atomic mass is 19.1. The highest BCUT2D eigenvalue weighted by Gasteiger charge is 2.25. The highest BCUT2D eigenvalue weighted by Crippen LogP contribution is 2.28. The van der Waals surface area contributed by atoms with E-state index >= 15 is 0 Å². The maximum absolute atomic E-state index is 13.3. The number of nitrogen functional groups attached to an aromatic ring is 1. The second-order valence-electron chi connectivity index (χ2n) is 4.91. The van der Waals surface area contributed by atoms with E-state index in [-0.39, 0.29) is 17.8 Å². The lowest BCUT2D eigenvalue weighted by molar-refractivity contribution is 0.127. The number of aliphatic hydroxyl groups is 1. The third-order valence-electron chi connectivity index (χ3n) is 3.82. The van der Waals surface area contributed by atoms with Crippen LogP contribution in [0.3, 0.4) is 0 Å². The van der Waals surface area contributed by atoms with Crippen LogP contribution in [0.1, 0.15) is 32.3 Å². The van der Waals surface area contributed by atoms with Crippen LogP contribution in [0, 0.1) is 18.2 Å². The van der Waals surface area contributed by atoms with Crippen molar-refractivity contribution in [2.75, 3.05) is 24.2 Å². The summed E-state index contributed by atoms with van der Waals surface area (Å²) in [5.74, 6) is -0.294. The van der Waals surface area contributed by atoms with Crippen LogP contribution in [-0.2, 0) is 0 Å². The van der Waals surface area contributed by atoms with E-state index in [1.54, 1.807) is 13.0 Å². The van der Waals surface area contributed by atoms with Gasteiger partial charge in [-0.3, -0.25) is 0 Å². The first-order valence-corrected chi connectivity index (χ1v) is 6.38. The SMILES string of the molecule is CCC(CC)(CO)CNc1cc(C)c(F)cc1N. The normalized spacial score (nSPS) is 11.6. The van der Waals surface area contributed by atoms with Gasteiger partial charge < -0.3 is 16.2 Å². The third-order valence-corrected chi connectivity index (χ3v) is 3.82. The Bertz CT molecular complexity index is 395. The largest absolute Gasteiger partial charge is 0.397 e. The first-order chi connectivity index (χ1) is 8.48. The van der Waals surface area contributed by atoms with Crippen molar-refractivity contribution in [1.82, 2.24) is 0 Å². The van der Waals surface area contributed by atoms with E-state index in [9.17, 15) is 9.50 Å². The molecule has 0 amide bonds. The molecule has 102 valence electrons. The molecule has 0 spiro atoms. The molecule has 0 aromatic heterocycles. The van der Waals surface area contributed by atoms with Crippen LogP contribution in [0.5, 0.6) is 0 Å². The average molecular weight is 254 g/mol. The number of hydrogen-bond acceptors (Lipinski definition) is 3. The molecule has 0 saturated carbocycles. The first-order valence-electron chi connectivity index (χ1n) is 6.38. The Morgan fingerprint density at radius 2 is 1.94 bits per heavy atom. The van der Waals surface area contributed by atoms with Crippen LogP contribution in [0.25, 0.3) is 0 Å². The molecule has 1 rings (SSSR count). The molecule has 0 saturated heterocycles. The molecule has 0 fully saturated rings. The molecule has 0 aliphatic carbocycles. The number of anilines is 2. The van der Waals surface area contributed by atoms with Gasteiger partial charge >= 0.3 is 0 Å². The summed E-state index contributed by atoms with van der Waals surface area (Å²) in [6, 6.07) is 3.04. The smallest absolute Gasteiger partial charge is 0.128 e. The first kappa shape index (κ1) is 14.8. The summed E-state index contributed by atoms with van der Waals surface area (Å²) in [4.78, 5) is 0. The lowest BCUT2D eigenvalue weighted by Crippen LogP contribution is -2.32. The van der Waals surface area contributed by atoms with E-state index in [2.05, 4.69) is 19.2 Å². The van der Waals surface area contributed by atoms with Crippen LogP contribution in [0.2, 0.25) is 0 Å². The Kier molecular flexibility index (Phi) is 4.96. The Morgan fingerprint density at radius 1 is 1.33 bits per heavy atom. The van der Waals surface area contributed by atoms with Gasteiger partial charge in [-0.1, -0.05) is 13.8 Å². The van der Waals surface area contributed by atoms with Gasteiger partial charge in [0.2, 0.25) is 0 Å². The summed E-state index contributed by atoms with van der Waals surface area (Å²) < 4.78 is 13.3. The molecule has 18 heavy (non-hydrogen) atoms. The van der Waals surface area contributed by atoms with Crippen LogP contribution in [0.15, 0.2) is 12.1 Å². The fourth-order valence-corrected chi connectivity index (χ4v) is 1.91. The van der Waals surface area contributed by atoms with Crippen molar-refractivity contribution < 1.29 is 9.50 Å². The predicted molar refractivity (Wildman–Crippen MR) is 74.1 cm³/mol. The van der Waals surface area contributed by atoms with Crippen LogP contribution in [0.4, 0.5) is 15.8 Å². The van der Waals surface area contributed by atoms with E-state index < -0.39 is 0 Å². The number of halogens is 1. The van der Waals surface area contributed by atoms with Crippen molar-refractivity contribution in [2.24, 2.45) is 5.41 Å². The number of aliphatic hydroxyl groups excluding tert-OH is 1. The molecule has 1 aromatic rings. The Balaban J connectivity index is 2.83. The van der Waals surface area contributed by atoms with Crippen LogP contribution < -0.4 is 11.1 Å². The van der Waals surface area contributed by atoms with Crippen molar-refractivity contribution in [2.45, 2.75) is 33.6 Å². The van der Waals surface area contributed by atoms with Crippen LogP contribution in [-0.4, -0.2) is 18.3 Å². The second kappa shape index (κ2) is 6.05. The summed E-state index contributed by atoms with van der Waals surface area (Å²) in [6.45, 7) is 6.58. The zero-order valence-corrected chi connectivity index (χ0v) is 11.4. The van der Waals surface area contributed by atoms with Gasteiger partial charge in [0.1, 0.15) is 5.82 Å². The molecule has 0 atom stereocenters. The zero-order valence-electron chi connectivity index (χ0n) is 11.4. The molecular formula is C14H23FN2O. The fraction of sp³-hybridized carbons (Fsp3) is 0.571. The van der Waals surface area contributed by atoms with Crippen molar-refractivity contribution in [3.05, 3.63) is 23.5 Å². The highest BCUT2D eigenvalue weighted by molar-refractivity contribution is 5.67. The summed E-state index contributed by atoms with van der Waals surface area (Å²) in [5, 5.41) is 12.7. The minimum atomic E-state index is -0.294. The minimum Gasteiger partial charge on any atom is -0.397 e. The molecule has 3 nitrogen and oxygen atoms in total. The molecule has 4 heteroatoms. The maximum atomic E-state index is 13.3. The maximum Gasteiger partial charge on any atom is 0.128 e.